The zero-order chi connectivity index (χ0) is 20.1. The Morgan fingerprint density at radius 3 is 2.43 bits per heavy atom. The zero-order valence-electron chi connectivity index (χ0n) is 15.8. The average molecular weight is 420 g/mol. The lowest BCUT2D eigenvalue weighted by molar-refractivity contribution is 0.0696. The molecule has 1 fully saturated rings. The molecule has 2 N–H and O–H groups in total. The molecule has 0 saturated heterocycles. The van der Waals surface area contributed by atoms with E-state index < -0.39 is 16.0 Å². The quantitative estimate of drug-likeness (QED) is 0.605. The number of rotatable bonds is 7. The molecule has 0 atom stereocenters. The summed E-state index contributed by atoms with van der Waals surface area (Å²) in [6.07, 6.45) is 6.62. The van der Waals surface area contributed by atoms with Crippen LogP contribution in [0.3, 0.4) is 0 Å². The minimum Gasteiger partial charge on any atom is -0.478 e. The number of aryl methyl sites for hydroxylation is 1. The Morgan fingerprint density at radius 1 is 1.11 bits per heavy atom. The molecule has 150 valence electrons. The Balaban J connectivity index is 1.65. The van der Waals surface area contributed by atoms with Gasteiger partial charge in [-0.3, -0.25) is 4.72 Å². The van der Waals surface area contributed by atoms with Gasteiger partial charge in [0.1, 0.15) is 0 Å². The topological polar surface area (TPSA) is 83.5 Å². The van der Waals surface area contributed by atoms with Gasteiger partial charge in [0.05, 0.1) is 10.5 Å². The molecule has 0 unspecified atom stereocenters. The maximum atomic E-state index is 12.6. The third-order valence-electron chi connectivity index (χ3n) is 5.07. The molecular weight excluding hydrogens is 394 g/mol. The fourth-order valence-corrected chi connectivity index (χ4v) is 5.57. The number of aromatic carboxylic acids is 1. The van der Waals surface area contributed by atoms with E-state index in [-0.39, 0.29) is 10.5 Å². The number of carboxylic acid groups (broad SMARTS) is 1. The van der Waals surface area contributed by atoms with Crippen LogP contribution in [-0.4, -0.2) is 25.2 Å². The van der Waals surface area contributed by atoms with E-state index in [0.29, 0.717) is 11.3 Å². The number of carboxylic acids is 1. The van der Waals surface area contributed by atoms with Crippen molar-refractivity contribution in [2.24, 2.45) is 5.92 Å². The number of thioether (sulfide) groups is 1. The lowest BCUT2D eigenvalue weighted by Crippen LogP contribution is -2.14. The van der Waals surface area contributed by atoms with E-state index in [2.05, 4.69) is 4.72 Å². The van der Waals surface area contributed by atoms with Crippen LogP contribution < -0.4 is 4.72 Å². The first-order valence-corrected chi connectivity index (χ1v) is 11.9. The third-order valence-corrected chi connectivity index (χ3v) is 7.69. The Kier molecular flexibility index (Phi) is 6.67. The molecule has 3 rings (SSSR count). The molecule has 7 heteroatoms. The Labute approximate surface area is 170 Å². The first-order chi connectivity index (χ1) is 13.3. The molecule has 0 spiro atoms. The fraction of sp³-hybridized carbons (Fsp3) is 0.381. The van der Waals surface area contributed by atoms with Crippen LogP contribution in [-0.2, 0) is 10.0 Å². The van der Waals surface area contributed by atoms with Gasteiger partial charge in [-0.2, -0.15) is 0 Å². The molecule has 5 nitrogen and oxygen atoms in total. The highest BCUT2D eigenvalue weighted by Gasteiger charge is 2.18. The second-order valence-electron chi connectivity index (χ2n) is 7.23. The lowest BCUT2D eigenvalue weighted by Gasteiger charge is -2.20. The van der Waals surface area contributed by atoms with Gasteiger partial charge < -0.3 is 5.11 Å². The van der Waals surface area contributed by atoms with Crippen LogP contribution >= 0.6 is 11.8 Å². The number of hydrogen-bond acceptors (Lipinski definition) is 4. The van der Waals surface area contributed by atoms with Crippen LogP contribution in [0.2, 0.25) is 0 Å². The molecule has 2 aromatic carbocycles. The SMILES string of the molecule is Cc1ccc(S(=O)(=O)Nc2ccc(SCC3CCCCC3)cc2)cc1C(=O)O. The highest BCUT2D eigenvalue weighted by Crippen LogP contribution is 2.30. The van der Waals surface area contributed by atoms with Gasteiger partial charge in [-0.15, -0.1) is 11.8 Å². The summed E-state index contributed by atoms with van der Waals surface area (Å²) in [5.41, 5.74) is 0.961. The summed E-state index contributed by atoms with van der Waals surface area (Å²) in [6.45, 7) is 1.64. The summed E-state index contributed by atoms with van der Waals surface area (Å²) >= 11 is 1.81. The zero-order valence-corrected chi connectivity index (χ0v) is 17.5. The summed E-state index contributed by atoms with van der Waals surface area (Å²) in [4.78, 5) is 12.3. The van der Waals surface area contributed by atoms with Crippen molar-refractivity contribution in [1.82, 2.24) is 0 Å². The van der Waals surface area contributed by atoms with Crippen molar-refractivity contribution < 1.29 is 18.3 Å². The van der Waals surface area contributed by atoms with Gasteiger partial charge in [0.25, 0.3) is 10.0 Å². The van der Waals surface area contributed by atoms with Crippen LogP contribution in [0.4, 0.5) is 5.69 Å². The number of sulfonamides is 1. The van der Waals surface area contributed by atoms with Gasteiger partial charge >= 0.3 is 5.97 Å². The van der Waals surface area contributed by atoms with Crippen molar-refractivity contribution >= 4 is 33.4 Å². The van der Waals surface area contributed by atoms with Crippen molar-refractivity contribution in [1.29, 1.82) is 0 Å². The smallest absolute Gasteiger partial charge is 0.335 e. The summed E-state index contributed by atoms with van der Waals surface area (Å²) in [7, 11) is -3.85. The predicted molar refractivity (Wildman–Crippen MR) is 113 cm³/mol. The van der Waals surface area contributed by atoms with Crippen molar-refractivity contribution in [3.05, 3.63) is 53.6 Å². The van der Waals surface area contributed by atoms with Gasteiger partial charge in [-0.05, 0) is 67.6 Å². The van der Waals surface area contributed by atoms with Crippen LogP contribution in [0.1, 0.15) is 48.0 Å². The van der Waals surface area contributed by atoms with E-state index in [0.717, 1.165) is 16.6 Å². The molecule has 0 aromatic heterocycles. The maximum Gasteiger partial charge on any atom is 0.335 e. The Morgan fingerprint density at radius 2 is 1.79 bits per heavy atom. The second-order valence-corrected chi connectivity index (χ2v) is 10.0. The summed E-state index contributed by atoms with van der Waals surface area (Å²) in [5.74, 6) is 0.739. The van der Waals surface area contributed by atoms with Crippen molar-refractivity contribution in [2.45, 2.75) is 48.8 Å². The maximum absolute atomic E-state index is 12.6. The highest BCUT2D eigenvalue weighted by atomic mass is 32.2. The molecule has 0 heterocycles. The van der Waals surface area contributed by atoms with Crippen molar-refractivity contribution in [3.63, 3.8) is 0 Å². The van der Waals surface area contributed by atoms with Crippen LogP contribution in [0, 0.1) is 12.8 Å². The lowest BCUT2D eigenvalue weighted by atomic mass is 9.91. The Bertz CT molecular complexity index is 933. The van der Waals surface area contributed by atoms with Gasteiger partial charge in [0.15, 0.2) is 0 Å². The molecule has 0 amide bonds. The van der Waals surface area contributed by atoms with Gasteiger partial charge in [-0.1, -0.05) is 25.3 Å². The standard InChI is InChI=1S/C21H25NO4S2/c1-15-7-12-19(13-20(15)21(23)24)28(25,26)22-17-8-10-18(11-9-17)27-14-16-5-3-2-4-6-16/h7-13,16,22H,2-6,14H2,1H3,(H,23,24). The molecule has 0 radical (unpaired) electrons. The van der Waals surface area contributed by atoms with E-state index in [4.69, 9.17) is 0 Å². The number of nitrogens with one attached hydrogen (secondary N) is 1. The number of anilines is 1. The summed E-state index contributed by atoms with van der Waals surface area (Å²) < 4.78 is 27.7. The average Bonchev–Trinajstić information content (AvgIpc) is 2.68. The van der Waals surface area contributed by atoms with Crippen molar-refractivity contribution in [2.75, 3.05) is 10.5 Å². The Hall–Kier alpha value is -1.99. The number of carbonyl (C=O) groups is 1. The van der Waals surface area contributed by atoms with Crippen molar-refractivity contribution in [3.8, 4) is 0 Å². The van der Waals surface area contributed by atoms with E-state index in [1.165, 1.54) is 50.3 Å². The van der Waals surface area contributed by atoms with E-state index in [1.54, 1.807) is 19.1 Å². The molecular formula is C21H25NO4S2. The first kappa shape index (κ1) is 20.7. The first-order valence-electron chi connectivity index (χ1n) is 9.45. The molecule has 2 aromatic rings. The van der Waals surface area contributed by atoms with E-state index in [1.807, 2.05) is 23.9 Å². The van der Waals surface area contributed by atoms with Gasteiger partial charge in [0.2, 0.25) is 0 Å². The molecule has 1 saturated carbocycles. The normalized spacial score (nSPS) is 15.3. The third kappa shape index (κ3) is 5.29. The predicted octanol–water partition coefficient (Wildman–Crippen LogP) is 5.17. The van der Waals surface area contributed by atoms with Crippen LogP contribution in [0.5, 0.6) is 0 Å². The minimum atomic E-state index is -3.85. The van der Waals surface area contributed by atoms with E-state index in [9.17, 15) is 18.3 Å². The minimum absolute atomic E-state index is 0.0164. The molecule has 28 heavy (non-hydrogen) atoms. The largest absolute Gasteiger partial charge is 0.478 e. The molecule has 1 aliphatic carbocycles. The summed E-state index contributed by atoms with van der Waals surface area (Å²) in [5, 5.41) is 9.20. The van der Waals surface area contributed by atoms with Gasteiger partial charge in [-0.25, -0.2) is 13.2 Å². The number of benzene rings is 2. The molecule has 1 aliphatic rings. The molecule has 0 bridgehead atoms. The monoisotopic (exact) mass is 419 g/mol. The second kappa shape index (κ2) is 9.01. The summed E-state index contributed by atoms with van der Waals surface area (Å²) in [6, 6.07) is 11.4. The van der Waals surface area contributed by atoms with Crippen LogP contribution in [0.15, 0.2) is 52.3 Å². The number of hydrogen-bond donors (Lipinski definition) is 2. The van der Waals surface area contributed by atoms with E-state index >= 15 is 0 Å². The van der Waals surface area contributed by atoms with Crippen LogP contribution in [0.25, 0.3) is 0 Å². The van der Waals surface area contributed by atoms with Gasteiger partial charge in [0, 0.05) is 16.3 Å². The molecule has 0 aliphatic heterocycles. The fourth-order valence-electron chi connectivity index (χ4n) is 3.40. The highest BCUT2D eigenvalue weighted by molar-refractivity contribution is 7.99.